The van der Waals surface area contributed by atoms with Gasteiger partial charge < -0.3 is 15.2 Å². The summed E-state index contributed by atoms with van der Waals surface area (Å²) in [6, 6.07) is 10.5. The Morgan fingerprint density at radius 2 is 1.96 bits per heavy atom. The Morgan fingerprint density at radius 3 is 2.64 bits per heavy atom. The molecule has 0 unspecified atom stereocenters. The Hall–Kier alpha value is -2.36. The summed E-state index contributed by atoms with van der Waals surface area (Å²) >= 11 is 0. The molecule has 0 spiro atoms. The van der Waals surface area contributed by atoms with Crippen LogP contribution in [0.3, 0.4) is 0 Å². The van der Waals surface area contributed by atoms with E-state index in [9.17, 15) is 0 Å². The number of hydrogen-bond acceptors (Lipinski definition) is 3. The second-order valence-electron chi connectivity index (χ2n) is 6.42. The summed E-state index contributed by atoms with van der Waals surface area (Å²) < 4.78 is 4.00. The largest absolute Gasteiger partial charge is 0.357 e. The number of aryl methyl sites for hydroxylation is 2. The predicted molar refractivity (Wildman–Crippen MR) is 123 cm³/mol. The maximum atomic E-state index is 4.71. The quantitative estimate of drug-likeness (QED) is 0.302. The third-order valence-corrected chi connectivity index (χ3v) is 4.39. The number of nitrogens with one attached hydrogen (secondary N) is 2. The van der Waals surface area contributed by atoms with Crippen LogP contribution in [0.25, 0.3) is 0 Å². The van der Waals surface area contributed by atoms with Crippen molar-refractivity contribution in [3.63, 3.8) is 0 Å². The summed E-state index contributed by atoms with van der Waals surface area (Å²) in [6.07, 6.45) is 5.64. The molecule has 0 saturated carbocycles. The van der Waals surface area contributed by atoms with E-state index in [4.69, 9.17) is 4.99 Å². The van der Waals surface area contributed by atoms with Crippen molar-refractivity contribution in [1.29, 1.82) is 0 Å². The van der Waals surface area contributed by atoms with Gasteiger partial charge in [-0.05, 0) is 31.0 Å². The Balaban J connectivity index is 0.00000280. The van der Waals surface area contributed by atoms with Gasteiger partial charge in [-0.1, -0.05) is 24.3 Å². The first-order valence-electron chi connectivity index (χ1n) is 9.20. The topological polar surface area (TPSA) is 72.1 Å². The van der Waals surface area contributed by atoms with E-state index in [0.717, 1.165) is 30.6 Å². The zero-order chi connectivity index (χ0) is 19.1. The van der Waals surface area contributed by atoms with Gasteiger partial charge in [0.1, 0.15) is 5.82 Å². The molecule has 0 saturated heterocycles. The summed E-state index contributed by atoms with van der Waals surface area (Å²) in [5.74, 6) is 1.82. The highest BCUT2D eigenvalue weighted by atomic mass is 127. The van der Waals surface area contributed by atoms with Gasteiger partial charge in [0.2, 0.25) is 0 Å². The maximum Gasteiger partial charge on any atom is 0.191 e. The molecule has 0 aliphatic carbocycles. The molecule has 0 atom stereocenters. The van der Waals surface area contributed by atoms with Crippen molar-refractivity contribution in [3.05, 3.63) is 71.6 Å². The van der Waals surface area contributed by atoms with Crippen molar-refractivity contribution in [3.8, 4) is 0 Å². The lowest BCUT2D eigenvalue weighted by Gasteiger charge is -2.12. The monoisotopic (exact) mass is 493 g/mol. The molecule has 3 aromatic rings. The van der Waals surface area contributed by atoms with Crippen LogP contribution in [0.1, 0.15) is 29.6 Å². The lowest BCUT2D eigenvalue weighted by atomic mass is 10.1. The normalized spacial score (nSPS) is 11.2. The highest BCUT2D eigenvalue weighted by Crippen LogP contribution is 2.10. The zero-order valence-corrected chi connectivity index (χ0v) is 18.9. The first-order valence-corrected chi connectivity index (χ1v) is 9.20. The van der Waals surface area contributed by atoms with Crippen LogP contribution in [0.4, 0.5) is 0 Å². The molecule has 0 aliphatic rings. The van der Waals surface area contributed by atoms with E-state index in [1.54, 1.807) is 6.20 Å². The molecular formula is C20H28IN7. The Morgan fingerprint density at radius 1 is 1.14 bits per heavy atom. The number of imidazole rings is 1. The van der Waals surface area contributed by atoms with Gasteiger partial charge in [-0.3, -0.25) is 4.68 Å². The summed E-state index contributed by atoms with van der Waals surface area (Å²) in [6.45, 7) is 7.03. The third-order valence-electron chi connectivity index (χ3n) is 4.39. The van der Waals surface area contributed by atoms with Crippen molar-refractivity contribution >= 4 is 29.9 Å². The zero-order valence-electron chi connectivity index (χ0n) is 16.6. The highest BCUT2D eigenvalue weighted by molar-refractivity contribution is 14.0. The molecular weight excluding hydrogens is 465 g/mol. The minimum absolute atomic E-state index is 0. The van der Waals surface area contributed by atoms with Gasteiger partial charge in [0, 0.05) is 38.7 Å². The fourth-order valence-electron chi connectivity index (χ4n) is 2.85. The first kappa shape index (κ1) is 21.9. The molecule has 0 amide bonds. The molecule has 0 radical (unpaired) electrons. The Bertz CT molecular complexity index is 897. The number of halogens is 1. The van der Waals surface area contributed by atoms with Crippen molar-refractivity contribution in [2.24, 2.45) is 12.0 Å². The van der Waals surface area contributed by atoms with E-state index >= 15 is 0 Å². The number of hydrogen-bond donors (Lipinski definition) is 2. The van der Waals surface area contributed by atoms with Crippen LogP contribution in [-0.4, -0.2) is 31.8 Å². The van der Waals surface area contributed by atoms with Crippen LogP contribution in [0.2, 0.25) is 0 Å². The van der Waals surface area contributed by atoms with Crippen LogP contribution >= 0.6 is 24.0 Å². The lowest BCUT2D eigenvalue weighted by Crippen LogP contribution is -2.37. The fourth-order valence-corrected chi connectivity index (χ4v) is 2.85. The van der Waals surface area contributed by atoms with Gasteiger partial charge in [0.25, 0.3) is 0 Å². The predicted octanol–water partition coefficient (Wildman–Crippen LogP) is 2.85. The summed E-state index contributed by atoms with van der Waals surface area (Å²) in [5, 5.41) is 10.8. The van der Waals surface area contributed by atoms with E-state index in [0.29, 0.717) is 13.1 Å². The Kier molecular flexibility index (Phi) is 8.49. The van der Waals surface area contributed by atoms with Crippen molar-refractivity contribution in [2.45, 2.75) is 33.5 Å². The van der Waals surface area contributed by atoms with Crippen LogP contribution in [-0.2, 0) is 26.7 Å². The molecule has 28 heavy (non-hydrogen) atoms. The molecule has 7 nitrogen and oxygen atoms in total. The first-order chi connectivity index (χ1) is 13.2. The van der Waals surface area contributed by atoms with Crippen LogP contribution in [0.15, 0.2) is 53.9 Å². The number of guanidine groups is 1. The maximum absolute atomic E-state index is 4.71. The van der Waals surface area contributed by atoms with Crippen molar-refractivity contribution < 1.29 is 0 Å². The van der Waals surface area contributed by atoms with Crippen LogP contribution < -0.4 is 10.6 Å². The van der Waals surface area contributed by atoms with Crippen LogP contribution in [0, 0.1) is 6.92 Å². The van der Waals surface area contributed by atoms with Crippen molar-refractivity contribution in [2.75, 3.05) is 6.54 Å². The molecule has 0 fully saturated rings. The molecule has 1 aromatic carbocycles. The molecule has 2 N–H and O–H groups in total. The summed E-state index contributed by atoms with van der Waals surface area (Å²) in [7, 11) is 1.94. The highest BCUT2D eigenvalue weighted by Gasteiger charge is 2.03. The van der Waals surface area contributed by atoms with Crippen LogP contribution in [0.5, 0.6) is 0 Å². The van der Waals surface area contributed by atoms with Gasteiger partial charge in [-0.2, -0.15) is 5.10 Å². The molecule has 3 rings (SSSR count). The van der Waals surface area contributed by atoms with E-state index in [-0.39, 0.29) is 24.0 Å². The molecule has 2 heterocycles. The average Bonchev–Trinajstić information content (AvgIpc) is 3.26. The fraction of sp³-hybridized carbons (Fsp3) is 0.350. The number of nitrogens with zero attached hydrogens (tertiary/aromatic N) is 5. The van der Waals surface area contributed by atoms with E-state index < -0.39 is 0 Å². The molecule has 150 valence electrons. The number of benzene rings is 1. The average molecular weight is 493 g/mol. The number of aromatic nitrogens is 4. The van der Waals surface area contributed by atoms with E-state index in [2.05, 4.69) is 56.5 Å². The smallest absolute Gasteiger partial charge is 0.191 e. The van der Waals surface area contributed by atoms with Crippen molar-refractivity contribution in [1.82, 2.24) is 30.0 Å². The summed E-state index contributed by atoms with van der Waals surface area (Å²) in [5.41, 5.74) is 3.54. The van der Waals surface area contributed by atoms with E-state index in [1.807, 2.05) is 37.1 Å². The minimum Gasteiger partial charge on any atom is -0.357 e. The number of rotatable bonds is 7. The van der Waals surface area contributed by atoms with Gasteiger partial charge in [0.05, 0.1) is 18.8 Å². The molecule has 2 aromatic heterocycles. The molecule has 8 heteroatoms. The number of aliphatic imine (C=N–C) groups is 1. The second kappa shape index (κ2) is 10.8. The second-order valence-corrected chi connectivity index (χ2v) is 6.42. The standard InChI is InChI=1S/C20H27N7.HI/c1-4-21-20(24-14-19-8-9-25-26(19)3)23-13-17-6-5-7-18(12-17)15-27-11-10-22-16(27)2;/h5-12H,4,13-15H2,1-3H3,(H2,21,23,24);1H. The summed E-state index contributed by atoms with van der Waals surface area (Å²) in [4.78, 5) is 9.00. The van der Waals surface area contributed by atoms with Gasteiger partial charge in [0.15, 0.2) is 5.96 Å². The molecule has 0 aliphatic heterocycles. The Labute approximate surface area is 183 Å². The van der Waals surface area contributed by atoms with Gasteiger partial charge >= 0.3 is 0 Å². The SMILES string of the molecule is CCNC(=NCc1cccc(Cn2ccnc2C)c1)NCc1ccnn1C.I. The van der Waals surface area contributed by atoms with Gasteiger partial charge in [-0.15, -0.1) is 24.0 Å². The lowest BCUT2D eigenvalue weighted by molar-refractivity contribution is 0.685. The molecule has 0 bridgehead atoms. The third kappa shape index (κ3) is 6.08. The van der Waals surface area contributed by atoms with Gasteiger partial charge in [-0.25, -0.2) is 9.98 Å². The van der Waals surface area contributed by atoms with E-state index in [1.165, 1.54) is 11.1 Å². The minimum atomic E-state index is 0.